The Labute approximate surface area is 119 Å². The van der Waals surface area contributed by atoms with E-state index in [4.69, 9.17) is 0 Å². The fourth-order valence-electron chi connectivity index (χ4n) is 2.51. The standard InChI is InChI=1S/C17H19N3/c1-13(14-5-4-9-18-11-14)19-10-8-15-12-20-17-7-3-2-6-16(15)17/h2-7,9,11-13,19-20H,8,10H2,1H3. The largest absolute Gasteiger partial charge is 0.361 e. The topological polar surface area (TPSA) is 40.7 Å². The summed E-state index contributed by atoms with van der Waals surface area (Å²) in [6.07, 6.45) is 6.86. The number of nitrogens with zero attached hydrogens (tertiary/aromatic N) is 1. The van der Waals surface area contributed by atoms with Crippen molar-refractivity contribution in [3.63, 3.8) is 0 Å². The lowest BCUT2D eigenvalue weighted by molar-refractivity contribution is 0.576. The average Bonchev–Trinajstić information content (AvgIpc) is 2.92. The molecule has 1 atom stereocenters. The number of aromatic nitrogens is 2. The summed E-state index contributed by atoms with van der Waals surface area (Å²) in [5.41, 5.74) is 3.81. The number of H-pyrrole nitrogens is 1. The van der Waals surface area contributed by atoms with E-state index in [1.165, 1.54) is 22.0 Å². The molecule has 2 aromatic heterocycles. The molecule has 3 heteroatoms. The molecule has 3 nitrogen and oxygen atoms in total. The van der Waals surface area contributed by atoms with Crippen LogP contribution in [0.3, 0.4) is 0 Å². The molecular weight excluding hydrogens is 246 g/mol. The van der Waals surface area contributed by atoms with Crippen LogP contribution in [0.15, 0.2) is 55.0 Å². The summed E-state index contributed by atoms with van der Waals surface area (Å²) < 4.78 is 0. The van der Waals surface area contributed by atoms with Gasteiger partial charge in [0.05, 0.1) is 0 Å². The molecule has 0 radical (unpaired) electrons. The Morgan fingerprint density at radius 1 is 1.20 bits per heavy atom. The highest BCUT2D eigenvalue weighted by Gasteiger charge is 2.06. The smallest absolute Gasteiger partial charge is 0.0456 e. The molecule has 1 unspecified atom stereocenters. The van der Waals surface area contributed by atoms with Gasteiger partial charge in [0.25, 0.3) is 0 Å². The van der Waals surface area contributed by atoms with E-state index in [9.17, 15) is 0 Å². The normalized spacial score (nSPS) is 12.7. The molecule has 0 spiro atoms. The summed E-state index contributed by atoms with van der Waals surface area (Å²) in [6.45, 7) is 3.13. The van der Waals surface area contributed by atoms with Gasteiger partial charge in [-0.2, -0.15) is 0 Å². The van der Waals surface area contributed by atoms with Crippen molar-refractivity contribution in [1.29, 1.82) is 0 Å². The van der Waals surface area contributed by atoms with E-state index in [0.717, 1.165) is 13.0 Å². The predicted octanol–water partition coefficient (Wildman–Crippen LogP) is 3.46. The molecule has 0 bridgehead atoms. The van der Waals surface area contributed by atoms with Crippen molar-refractivity contribution in [3.05, 3.63) is 66.1 Å². The van der Waals surface area contributed by atoms with Crippen LogP contribution in [-0.4, -0.2) is 16.5 Å². The molecule has 20 heavy (non-hydrogen) atoms. The van der Waals surface area contributed by atoms with Crippen LogP contribution in [0, 0.1) is 0 Å². The minimum absolute atomic E-state index is 0.328. The first-order chi connectivity index (χ1) is 9.84. The number of hydrogen-bond donors (Lipinski definition) is 2. The van der Waals surface area contributed by atoms with Crippen molar-refractivity contribution < 1.29 is 0 Å². The molecule has 0 aliphatic carbocycles. The molecule has 0 fully saturated rings. The molecule has 0 amide bonds. The van der Waals surface area contributed by atoms with Crippen LogP contribution < -0.4 is 5.32 Å². The van der Waals surface area contributed by atoms with E-state index >= 15 is 0 Å². The molecule has 0 saturated carbocycles. The molecule has 3 rings (SSSR count). The first-order valence-corrected chi connectivity index (χ1v) is 7.03. The van der Waals surface area contributed by atoms with E-state index in [1.807, 2.05) is 18.5 Å². The Balaban J connectivity index is 1.60. The van der Waals surface area contributed by atoms with Crippen LogP contribution >= 0.6 is 0 Å². The van der Waals surface area contributed by atoms with Gasteiger partial charge in [0, 0.05) is 35.5 Å². The molecule has 0 saturated heterocycles. The second kappa shape index (κ2) is 5.88. The van der Waals surface area contributed by atoms with E-state index in [0.29, 0.717) is 6.04 Å². The van der Waals surface area contributed by atoms with Crippen molar-refractivity contribution in [2.75, 3.05) is 6.54 Å². The van der Waals surface area contributed by atoms with Gasteiger partial charge in [0.15, 0.2) is 0 Å². The quantitative estimate of drug-likeness (QED) is 0.741. The Kier molecular flexibility index (Phi) is 3.79. The van der Waals surface area contributed by atoms with Gasteiger partial charge in [0.2, 0.25) is 0 Å². The van der Waals surface area contributed by atoms with Gasteiger partial charge in [0.1, 0.15) is 0 Å². The Morgan fingerprint density at radius 2 is 2.10 bits per heavy atom. The fraction of sp³-hybridized carbons (Fsp3) is 0.235. The second-order valence-corrected chi connectivity index (χ2v) is 5.07. The second-order valence-electron chi connectivity index (χ2n) is 5.07. The van der Waals surface area contributed by atoms with Gasteiger partial charge in [-0.15, -0.1) is 0 Å². The summed E-state index contributed by atoms with van der Waals surface area (Å²) in [7, 11) is 0. The molecule has 0 aliphatic heterocycles. The third kappa shape index (κ3) is 2.73. The van der Waals surface area contributed by atoms with Crippen LogP contribution in [0.1, 0.15) is 24.1 Å². The highest BCUT2D eigenvalue weighted by atomic mass is 14.9. The van der Waals surface area contributed by atoms with E-state index in [1.54, 1.807) is 0 Å². The summed E-state index contributed by atoms with van der Waals surface area (Å²) >= 11 is 0. The number of para-hydroxylation sites is 1. The van der Waals surface area contributed by atoms with Gasteiger partial charge in [-0.1, -0.05) is 24.3 Å². The molecule has 2 N–H and O–H groups in total. The molecule has 102 valence electrons. The summed E-state index contributed by atoms with van der Waals surface area (Å²) in [4.78, 5) is 7.48. The van der Waals surface area contributed by atoms with Crippen molar-refractivity contribution in [1.82, 2.24) is 15.3 Å². The van der Waals surface area contributed by atoms with Crippen LogP contribution in [0.5, 0.6) is 0 Å². The SMILES string of the molecule is CC(NCCc1c[nH]c2ccccc12)c1cccnc1. The van der Waals surface area contributed by atoms with E-state index in [2.05, 4.69) is 58.7 Å². The lowest BCUT2D eigenvalue weighted by atomic mass is 10.1. The van der Waals surface area contributed by atoms with Crippen LogP contribution in [0.2, 0.25) is 0 Å². The zero-order valence-electron chi connectivity index (χ0n) is 11.6. The van der Waals surface area contributed by atoms with Crippen LogP contribution in [-0.2, 0) is 6.42 Å². The number of fused-ring (bicyclic) bond motifs is 1. The number of aromatic amines is 1. The first kappa shape index (κ1) is 12.9. The summed E-state index contributed by atoms with van der Waals surface area (Å²) in [6, 6.07) is 12.9. The molecule has 2 heterocycles. The number of pyridine rings is 1. The van der Waals surface area contributed by atoms with Crippen molar-refractivity contribution >= 4 is 10.9 Å². The van der Waals surface area contributed by atoms with Crippen molar-refractivity contribution in [2.24, 2.45) is 0 Å². The minimum atomic E-state index is 0.328. The zero-order chi connectivity index (χ0) is 13.8. The number of benzene rings is 1. The average molecular weight is 265 g/mol. The van der Waals surface area contributed by atoms with Crippen molar-refractivity contribution in [2.45, 2.75) is 19.4 Å². The number of rotatable bonds is 5. The monoisotopic (exact) mass is 265 g/mol. The molecule has 0 aliphatic rings. The van der Waals surface area contributed by atoms with E-state index in [-0.39, 0.29) is 0 Å². The zero-order valence-corrected chi connectivity index (χ0v) is 11.6. The molecule has 1 aromatic carbocycles. The van der Waals surface area contributed by atoms with Gasteiger partial charge in [-0.05, 0) is 43.1 Å². The maximum absolute atomic E-state index is 4.16. The van der Waals surface area contributed by atoms with E-state index < -0.39 is 0 Å². The number of nitrogens with one attached hydrogen (secondary N) is 2. The predicted molar refractivity (Wildman–Crippen MR) is 82.7 cm³/mol. The van der Waals surface area contributed by atoms with Crippen LogP contribution in [0.25, 0.3) is 10.9 Å². The maximum atomic E-state index is 4.16. The fourth-order valence-corrected chi connectivity index (χ4v) is 2.51. The third-order valence-corrected chi connectivity index (χ3v) is 3.70. The number of hydrogen-bond acceptors (Lipinski definition) is 2. The summed E-state index contributed by atoms with van der Waals surface area (Å²) in [5, 5.41) is 4.87. The first-order valence-electron chi connectivity index (χ1n) is 7.03. The Morgan fingerprint density at radius 3 is 2.95 bits per heavy atom. The highest BCUT2D eigenvalue weighted by molar-refractivity contribution is 5.83. The minimum Gasteiger partial charge on any atom is -0.361 e. The molecule has 3 aromatic rings. The third-order valence-electron chi connectivity index (χ3n) is 3.70. The van der Waals surface area contributed by atoms with Gasteiger partial charge in [-0.25, -0.2) is 0 Å². The Hall–Kier alpha value is -2.13. The lowest BCUT2D eigenvalue weighted by Crippen LogP contribution is -2.21. The highest BCUT2D eigenvalue weighted by Crippen LogP contribution is 2.18. The maximum Gasteiger partial charge on any atom is 0.0456 e. The summed E-state index contributed by atoms with van der Waals surface area (Å²) in [5.74, 6) is 0. The molecular formula is C17H19N3. The van der Waals surface area contributed by atoms with Gasteiger partial charge < -0.3 is 10.3 Å². The van der Waals surface area contributed by atoms with Gasteiger partial charge >= 0.3 is 0 Å². The Bertz CT molecular complexity index is 673. The van der Waals surface area contributed by atoms with Gasteiger partial charge in [-0.3, -0.25) is 4.98 Å². The van der Waals surface area contributed by atoms with Crippen LogP contribution in [0.4, 0.5) is 0 Å². The van der Waals surface area contributed by atoms with Crippen molar-refractivity contribution in [3.8, 4) is 0 Å². The lowest BCUT2D eigenvalue weighted by Gasteiger charge is -2.13.